The molecule has 0 aliphatic heterocycles. The highest BCUT2D eigenvalue weighted by Gasteiger charge is 2.44. The lowest BCUT2D eigenvalue weighted by Gasteiger charge is -2.16. The highest BCUT2D eigenvalue weighted by molar-refractivity contribution is 5.78. The lowest BCUT2D eigenvalue weighted by molar-refractivity contribution is 0.224. The van der Waals surface area contributed by atoms with Crippen LogP contribution in [0.2, 0.25) is 0 Å². The maximum atomic E-state index is 9.17. The zero-order valence-electron chi connectivity index (χ0n) is 9.78. The molecular formula is C13H18N2O2. The molecule has 2 rings (SSSR count). The third kappa shape index (κ3) is 2.97. The number of hydrogen-bond acceptors (Lipinski definition) is 3. The van der Waals surface area contributed by atoms with Crippen LogP contribution >= 0.6 is 0 Å². The first-order valence-electron chi connectivity index (χ1n) is 5.80. The van der Waals surface area contributed by atoms with Gasteiger partial charge in [0.2, 0.25) is 0 Å². The average molecular weight is 234 g/mol. The summed E-state index contributed by atoms with van der Waals surface area (Å²) in [5.41, 5.74) is 6.29. The van der Waals surface area contributed by atoms with Gasteiger partial charge in [-0.2, -0.15) is 0 Å². The van der Waals surface area contributed by atoms with E-state index in [9.17, 15) is 5.11 Å². The van der Waals surface area contributed by atoms with Gasteiger partial charge < -0.3 is 15.6 Å². The summed E-state index contributed by atoms with van der Waals surface area (Å²) in [5.74, 6) is 0.950. The lowest BCUT2D eigenvalue weighted by Crippen LogP contribution is -2.22. The number of ether oxygens (including phenoxy) is 1. The molecule has 0 unspecified atom stereocenters. The van der Waals surface area contributed by atoms with Crippen molar-refractivity contribution >= 4 is 5.84 Å². The molecule has 1 aromatic carbocycles. The molecule has 4 N–H and O–H groups in total. The quantitative estimate of drug-likeness (QED) is 0.517. The van der Waals surface area contributed by atoms with Crippen LogP contribution < -0.4 is 10.5 Å². The number of nitrogens with two attached hydrogens (primary N) is 1. The summed E-state index contributed by atoms with van der Waals surface area (Å²) in [5, 5.41) is 16.5. The van der Waals surface area contributed by atoms with Gasteiger partial charge in [-0.25, -0.2) is 0 Å². The summed E-state index contributed by atoms with van der Waals surface area (Å²) in [7, 11) is 0. The molecule has 4 heteroatoms. The molecule has 0 saturated heterocycles. The predicted molar refractivity (Wildman–Crippen MR) is 66.1 cm³/mol. The molecule has 1 aromatic rings. The van der Waals surface area contributed by atoms with Gasteiger partial charge >= 0.3 is 0 Å². The second-order valence-electron chi connectivity index (χ2n) is 4.76. The van der Waals surface area contributed by atoms with Crippen molar-refractivity contribution in [2.24, 2.45) is 11.1 Å². The highest BCUT2D eigenvalue weighted by atomic mass is 16.5. The Bertz CT molecular complexity index is 414. The van der Waals surface area contributed by atoms with E-state index in [4.69, 9.17) is 15.9 Å². The van der Waals surface area contributed by atoms with E-state index in [1.807, 2.05) is 24.3 Å². The molecular weight excluding hydrogens is 216 g/mol. The fraction of sp³-hybridized carbons (Fsp3) is 0.462. The van der Waals surface area contributed by atoms with E-state index in [1.165, 1.54) is 0 Å². The van der Waals surface area contributed by atoms with E-state index in [-0.39, 0.29) is 17.9 Å². The van der Waals surface area contributed by atoms with Crippen molar-refractivity contribution in [2.45, 2.75) is 25.9 Å². The smallest absolute Gasteiger partial charge is 0.124 e. The minimum absolute atomic E-state index is 0.0180. The fourth-order valence-corrected chi connectivity index (χ4v) is 1.96. The topological polar surface area (TPSA) is 79.3 Å². The molecule has 0 amide bonds. The van der Waals surface area contributed by atoms with Crippen molar-refractivity contribution in [3.8, 4) is 5.75 Å². The van der Waals surface area contributed by atoms with Crippen molar-refractivity contribution in [3.63, 3.8) is 0 Å². The molecule has 1 saturated carbocycles. The number of aliphatic hydroxyl groups excluding tert-OH is 1. The number of hydrogen-bond donors (Lipinski definition) is 3. The maximum Gasteiger partial charge on any atom is 0.124 e. The van der Waals surface area contributed by atoms with E-state index < -0.39 is 0 Å². The molecule has 0 aromatic heterocycles. The van der Waals surface area contributed by atoms with Gasteiger partial charge in [-0.15, -0.1) is 0 Å². The first-order valence-corrected chi connectivity index (χ1v) is 5.80. The molecule has 1 aliphatic rings. The van der Waals surface area contributed by atoms with E-state index >= 15 is 0 Å². The molecule has 1 fully saturated rings. The predicted octanol–water partition coefficient (Wildman–Crippen LogP) is 1.66. The molecule has 92 valence electrons. The van der Waals surface area contributed by atoms with E-state index in [0.29, 0.717) is 13.0 Å². The van der Waals surface area contributed by atoms with E-state index in [0.717, 1.165) is 24.2 Å². The van der Waals surface area contributed by atoms with Crippen LogP contribution in [0.15, 0.2) is 24.3 Å². The first-order chi connectivity index (χ1) is 8.15. The first kappa shape index (κ1) is 11.9. The lowest BCUT2D eigenvalue weighted by atomic mass is 10.0. The Kier molecular flexibility index (Phi) is 3.33. The van der Waals surface area contributed by atoms with Gasteiger partial charge in [0.1, 0.15) is 5.75 Å². The largest absolute Gasteiger partial charge is 0.493 e. The number of para-hydroxylation sites is 1. The molecule has 4 nitrogen and oxygen atoms in total. The minimum atomic E-state index is -0.0180. The van der Waals surface area contributed by atoms with Gasteiger partial charge in [0.05, 0.1) is 19.0 Å². The zero-order valence-corrected chi connectivity index (χ0v) is 9.78. The summed E-state index contributed by atoms with van der Waals surface area (Å²) in [6, 6.07) is 7.47. The molecule has 17 heavy (non-hydrogen) atoms. The summed E-state index contributed by atoms with van der Waals surface area (Å²) in [6.07, 6.45) is 2.73. The van der Waals surface area contributed by atoms with Gasteiger partial charge in [0.15, 0.2) is 0 Å². The monoisotopic (exact) mass is 234 g/mol. The summed E-state index contributed by atoms with van der Waals surface area (Å²) in [4.78, 5) is 0. The average Bonchev–Trinajstić information content (AvgIpc) is 3.06. The summed E-state index contributed by atoms with van der Waals surface area (Å²) >= 11 is 0. The molecule has 0 atom stereocenters. The van der Waals surface area contributed by atoms with Crippen LogP contribution in [0.4, 0.5) is 0 Å². The Hall–Kier alpha value is -1.55. The van der Waals surface area contributed by atoms with Gasteiger partial charge in [-0.3, -0.25) is 5.41 Å². The van der Waals surface area contributed by atoms with Crippen LogP contribution in [0.3, 0.4) is 0 Å². The standard InChI is InChI=1S/C13H18N2O2/c14-12(15)7-13(5-6-13)9-17-11-4-2-1-3-10(11)8-16/h1-4,16H,5-9H2,(H3,14,15). The minimum Gasteiger partial charge on any atom is -0.493 e. The third-order valence-electron chi connectivity index (χ3n) is 3.20. The second kappa shape index (κ2) is 4.75. The normalized spacial score (nSPS) is 16.5. The van der Waals surface area contributed by atoms with Crippen LogP contribution in [0.5, 0.6) is 5.75 Å². The van der Waals surface area contributed by atoms with Gasteiger partial charge in [0, 0.05) is 17.4 Å². The number of benzene rings is 1. The molecule has 0 heterocycles. The molecule has 0 bridgehead atoms. The Morgan fingerprint density at radius 1 is 1.41 bits per heavy atom. The second-order valence-corrected chi connectivity index (χ2v) is 4.76. The Morgan fingerprint density at radius 2 is 2.12 bits per heavy atom. The van der Waals surface area contributed by atoms with Gasteiger partial charge in [0.25, 0.3) is 0 Å². The Balaban J connectivity index is 1.96. The number of amidine groups is 1. The number of nitrogens with one attached hydrogen (secondary N) is 1. The highest BCUT2D eigenvalue weighted by Crippen LogP contribution is 2.48. The van der Waals surface area contributed by atoms with Crippen LogP contribution in [-0.4, -0.2) is 17.5 Å². The summed E-state index contributed by atoms with van der Waals surface area (Å²) in [6.45, 7) is 0.555. The third-order valence-corrected chi connectivity index (χ3v) is 3.20. The zero-order chi connectivity index (χ0) is 12.3. The van der Waals surface area contributed by atoms with Gasteiger partial charge in [-0.05, 0) is 18.9 Å². The van der Waals surface area contributed by atoms with Crippen molar-refractivity contribution in [3.05, 3.63) is 29.8 Å². The molecule has 0 spiro atoms. The number of rotatable bonds is 6. The van der Waals surface area contributed by atoms with Crippen molar-refractivity contribution in [1.29, 1.82) is 5.41 Å². The van der Waals surface area contributed by atoms with Crippen molar-refractivity contribution < 1.29 is 9.84 Å². The molecule has 0 radical (unpaired) electrons. The van der Waals surface area contributed by atoms with E-state index in [1.54, 1.807) is 0 Å². The van der Waals surface area contributed by atoms with Crippen molar-refractivity contribution in [1.82, 2.24) is 0 Å². The van der Waals surface area contributed by atoms with Crippen LogP contribution in [-0.2, 0) is 6.61 Å². The Morgan fingerprint density at radius 3 is 2.71 bits per heavy atom. The van der Waals surface area contributed by atoms with Gasteiger partial charge in [-0.1, -0.05) is 18.2 Å². The molecule has 1 aliphatic carbocycles. The van der Waals surface area contributed by atoms with Crippen molar-refractivity contribution in [2.75, 3.05) is 6.61 Å². The SMILES string of the molecule is N=C(N)CC1(COc2ccccc2CO)CC1. The van der Waals surface area contributed by atoms with Crippen LogP contribution in [0.25, 0.3) is 0 Å². The van der Waals surface area contributed by atoms with E-state index in [2.05, 4.69) is 0 Å². The number of aliphatic hydroxyl groups is 1. The maximum absolute atomic E-state index is 9.17. The summed E-state index contributed by atoms with van der Waals surface area (Å²) < 4.78 is 5.74. The van der Waals surface area contributed by atoms with Crippen LogP contribution in [0.1, 0.15) is 24.8 Å². The fourth-order valence-electron chi connectivity index (χ4n) is 1.96. The van der Waals surface area contributed by atoms with Crippen LogP contribution in [0, 0.1) is 10.8 Å². The Labute approximate surface area is 101 Å².